The van der Waals surface area contributed by atoms with E-state index in [4.69, 9.17) is 28.4 Å². The van der Waals surface area contributed by atoms with E-state index in [1.807, 2.05) is 60.5 Å². The fraction of sp³-hybridized carbons (Fsp3) is 0.429. The van der Waals surface area contributed by atoms with E-state index in [2.05, 4.69) is 66.4 Å². The molecule has 330 valence electrons. The van der Waals surface area contributed by atoms with E-state index < -0.39 is 47.8 Å². The number of nitrogens with zero attached hydrogens (tertiary/aromatic N) is 2. The number of esters is 2. The minimum Gasteiger partial charge on any atom is -1.00 e. The molecule has 1 N–H and O–H groups in total. The highest BCUT2D eigenvalue weighted by Crippen LogP contribution is 2.67. The standard InChI is InChI=1S/C49H58N2O9P.BrH/c1-8-47-27-11-29-51-30-28-48(43(47)51)40-26-19-36(58-6)32-41(40)50(2)44(48)49(54,46(53)59-7)45(47)60-42(52)12-9-10-31-61(37-20-13-33(55-3)14-21-37,38-22-15-34(56-4)16-23-38)39-24-17-35(57-5)18-25-39;/h11,13-27,32,43-45,54H,8-10,12,28-31H2,1-7H3;1H/q+1;/p-1/t43-,44+,45+,47+,48+,49-;/m0./s1. The van der Waals surface area contributed by atoms with Crippen LogP contribution >= 0.6 is 7.26 Å². The fourth-order valence-corrected chi connectivity index (χ4v) is 16.0. The number of anilines is 1. The molecule has 1 saturated heterocycles. The third-order valence-electron chi connectivity index (χ3n) is 14.2. The lowest BCUT2D eigenvalue weighted by atomic mass is 9.47. The van der Waals surface area contributed by atoms with E-state index in [1.165, 1.54) is 23.0 Å². The van der Waals surface area contributed by atoms with Crippen LogP contribution in [0, 0.1) is 5.41 Å². The van der Waals surface area contributed by atoms with E-state index in [1.54, 1.807) is 28.4 Å². The van der Waals surface area contributed by atoms with Crippen molar-refractivity contribution in [3.05, 3.63) is 109 Å². The maximum atomic E-state index is 14.5. The van der Waals surface area contributed by atoms with Crippen LogP contribution in [0.1, 0.15) is 44.6 Å². The average molecular weight is 930 g/mol. The third-order valence-corrected chi connectivity index (χ3v) is 18.8. The largest absolute Gasteiger partial charge is 1.00 e. The van der Waals surface area contributed by atoms with Crippen molar-refractivity contribution in [1.29, 1.82) is 0 Å². The molecule has 3 aliphatic heterocycles. The highest BCUT2D eigenvalue weighted by atomic mass is 79.9. The Labute approximate surface area is 376 Å². The number of carbonyl (C=O) groups is 2. The molecule has 0 bridgehead atoms. The van der Waals surface area contributed by atoms with E-state index in [0.29, 0.717) is 25.0 Å². The third kappa shape index (κ3) is 6.87. The van der Waals surface area contributed by atoms with Gasteiger partial charge >= 0.3 is 11.9 Å². The van der Waals surface area contributed by atoms with Gasteiger partial charge in [0.1, 0.15) is 46.2 Å². The molecule has 0 radical (unpaired) electrons. The minimum absolute atomic E-state index is 0. The summed E-state index contributed by atoms with van der Waals surface area (Å²) in [4.78, 5) is 33.3. The van der Waals surface area contributed by atoms with Crippen molar-refractivity contribution < 1.29 is 60.1 Å². The molecule has 11 nitrogen and oxygen atoms in total. The second kappa shape index (κ2) is 17.9. The number of ether oxygens (including phenoxy) is 6. The number of unbranched alkanes of at least 4 members (excludes halogenated alkanes) is 1. The Morgan fingerprint density at radius 2 is 1.29 bits per heavy atom. The van der Waals surface area contributed by atoms with Gasteiger partial charge in [-0.05, 0) is 117 Å². The van der Waals surface area contributed by atoms with E-state index in [-0.39, 0.29) is 29.4 Å². The Hall–Kier alpha value is -4.61. The van der Waals surface area contributed by atoms with Gasteiger partial charge in [0.2, 0.25) is 5.60 Å². The van der Waals surface area contributed by atoms with Crippen molar-refractivity contribution in [3.8, 4) is 23.0 Å². The van der Waals surface area contributed by atoms with Crippen LogP contribution in [0.4, 0.5) is 5.69 Å². The highest BCUT2D eigenvalue weighted by Gasteiger charge is 2.80. The highest BCUT2D eigenvalue weighted by molar-refractivity contribution is 7.95. The number of methoxy groups -OCH3 is 5. The first-order valence-electron chi connectivity index (χ1n) is 21.2. The molecule has 0 unspecified atom stereocenters. The van der Waals surface area contributed by atoms with E-state index in [9.17, 15) is 14.7 Å². The first kappa shape index (κ1) is 45.4. The lowest BCUT2D eigenvalue weighted by Gasteiger charge is -2.63. The SMILES string of the molecule is CC[C@]12C=CCN3CC[C@@]4(c5ccc(OC)cc5N(C)[C@H]4[C@@](O)(C(=O)OC)[C@@H]1OC(=O)CCCC[P+](c1ccc(OC)cc1)(c1ccc(OC)cc1)c1ccc(OC)cc1)[C@@H]32.[Br-]. The van der Waals surface area contributed by atoms with Crippen LogP contribution < -0.4 is 56.7 Å². The van der Waals surface area contributed by atoms with E-state index in [0.717, 1.165) is 54.2 Å². The zero-order chi connectivity index (χ0) is 43.2. The Morgan fingerprint density at radius 3 is 1.79 bits per heavy atom. The van der Waals surface area contributed by atoms with Crippen LogP contribution in [0.25, 0.3) is 0 Å². The topological polar surface area (TPSA) is 116 Å². The molecule has 4 aromatic carbocycles. The average Bonchev–Trinajstić information content (AvgIpc) is 3.82. The summed E-state index contributed by atoms with van der Waals surface area (Å²) in [5.74, 6) is 1.73. The van der Waals surface area contributed by atoms with Gasteiger partial charge in [0.15, 0.2) is 6.10 Å². The molecule has 1 spiro atoms. The molecule has 3 heterocycles. The molecule has 8 rings (SSSR count). The number of rotatable bonds is 15. The predicted molar refractivity (Wildman–Crippen MR) is 239 cm³/mol. The quantitative estimate of drug-likeness (QED) is 0.0823. The fourth-order valence-electron chi connectivity index (χ4n) is 11.7. The van der Waals surface area contributed by atoms with Gasteiger partial charge in [-0.15, -0.1) is 0 Å². The lowest BCUT2D eigenvalue weighted by molar-refractivity contribution is -0.229. The zero-order valence-corrected chi connectivity index (χ0v) is 39.1. The number of carbonyl (C=O) groups excluding carboxylic acids is 2. The first-order valence-corrected chi connectivity index (χ1v) is 23.1. The van der Waals surface area contributed by atoms with Crippen molar-refractivity contribution in [2.45, 2.75) is 68.2 Å². The molecule has 0 amide bonds. The van der Waals surface area contributed by atoms with Gasteiger partial charge in [0.05, 0.1) is 47.8 Å². The van der Waals surface area contributed by atoms with Crippen LogP contribution in [-0.2, 0) is 24.5 Å². The molecular weight excluding hydrogens is 871 g/mol. The monoisotopic (exact) mass is 928 g/mol. The molecule has 6 atom stereocenters. The van der Waals surface area contributed by atoms with Crippen molar-refractivity contribution in [1.82, 2.24) is 4.90 Å². The van der Waals surface area contributed by atoms with Crippen molar-refractivity contribution >= 4 is 40.8 Å². The molecule has 0 aromatic heterocycles. The van der Waals surface area contributed by atoms with Crippen LogP contribution in [0.3, 0.4) is 0 Å². The number of fused-ring (bicyclic) bond motifs is 1. The van der Waals surface area contributed by atoms with Gasteiger partial charge in [-0.2, -0.15) is 0 Å². The van der Waals surface area contributed by atoms with Crippen molar-refractivity contribution in [2.75, 3.05) is 66.7 Å². The summed E-state index contributed by atoms with van der Waals surface area (Å²) in [7, 11) is 7.51. The second-order valence-electron chi connectivity index (χ2n) is 16.7. The van der Waals surface area contributed by atoms with Gasteiger partial charge in [0.25, 0.3) is 0 Å². The van der Waals surface area contributed by atoms with Gasteiger partial charge in [-0.3, -0.25) is 9.69 Å². The Balaban J connectivity index is 0.00000578. The maximum Gasteiger partial charge on any atom is 0.344 e. The van der Waals surface area contributed by atoms with Crippen LogP contribution in [0.2, 0.25) is 0 Å². The number of hydrogen-bond donors (Lipinski definition) is 1. The summed E-state index contributed by atoms with van der Waals surface area (Å²) < 4.78 is 34.5. The van der Waals surface area contributed by atoms with Crippen molar-refractivity contribution in [2.24, 2.45) is 5.41 Å². The Bertz CT molecular complexity index is 2160. The zero-order valence-electron chi connectivity index (χ0n) is 36.6. The van der Waals surface area contributed by atoms with Crippen molar-refractivity contribution in [3.63, 3.8) is 0 Å². The summed E-state index contributed by atoms with van der Waals surface area (Å²) in [6.07, 6.45) is 6.33. The molecule has 2 fully saturated rings. The van der Waals surface area contributed by atoms with Gasteiger partial charge in [-0.25, -0.2) is 4.79 Å². The maximum absolute atomic E-state index is 14.5. The molecular formula is C49H58BrN2O9P. The van der Waals surface area contributed by atoms with Crippen LogP contribution in [-0.4, -0.2) is 108 Å². The summed E-state index contributed by atoms with van der Waals surface area (Å²) in [5.41, 5.74) is -1.79. The van der Waals surface area contributed by atoms with Gasteiger partial charge < -0.3 is 55.4 Å². The normalized spacial score (nSPS) is 25.7. The van der Waals surface area contributed by atoms with Crippen LogP contribution in [0.5, 0.6) is 23.0 Å². The van der Waals surface area contributed by atoms with Gasteiger partial charge in [-0.1, -0.05) is 25.1 Å². The van der Waals surface area contributed by atoms with Crippen LogP contribution in [0.15, 0.2) is 103 Å². The summed E-state index contributed by atoms with van der Waals surface area (Å²) in [6, 6.07) is 30.0. The smallest absolute Gasteiger partial charge is 0.344 e. The summed E-state index contributed by atoms with van der Waals surface area (Å²) in [6.45, 7) is 3.56. The first-order chi connectivity index (χ1) is 29.5. The molecule has 13 heteroatoms. The molecule has 1 aliphatic carbocycles. The van der Waals surface area contributed by atoms with E-state index >= 15 is 0 Å². The summed E-state index contributed by atoms with van der Waals surface area (Å²) >= 11 is 0. The predicted octanol–water partition coefficient (Wildman–Crippen LogP) is 2.82. The molecule has 4 aliphatic rings. The summed E-state index contributed by atoms with van der Waals surface area (Å²) in [5, 5.41) is 16.8. The Kier molecular flexibility index (Phi) is 13.1. The Morgan fingerprint density at radius 1 is 0.758 bits per heavy atom. The molecule has 62 heavy (non-hydrogen) atoms. The van der Waals surface area contributed by atoms with Gasteiger partial charge in [0, 0.05) is 48.6 Å². The lowest BCUT2D eigenvalue weighted by Crippen LogP contribution is -3.00. The number of hydrogen-bond acceptors (Lipinski definition) is 11. The number of likely N-dealkylation sites (N-methyl/N-ethyl adjacent to an activating group) is 1. The number of benzene rings is 4. The second-order valence-corrected chi connectivity index (χ2v) is 20.3. The minimum atomic E-state index is -2.32. The molecule has 4 aromatic rings. The number of halogens is 1. The number of aliphatic hydroxyl groups is 1. The molecule has 1 saturated carbocycles.